The van der Waals surface area contributed by atoms with E-state index >= 15 is 0 Å². The maximum atomic E-state index is 12.9. The quantitative estimate of drug-likeness (QED) is 0.816. The number of nitrogens with zero attached hydrogens (tertiary/aromatic N) is 3. The van der Waals surface area contributed by atoms with E-state index in [0.29, 0.717) is 24.4 Å². The van der Waals surface area contributed by atoms with Crippen LogP contribution in [0.4, 0.5) is 5.69 Å². The first-order valence-electron chi connectivity index (χ1n) is 8.78. The second kappa shape index (κ2) is 6.70. The maximum absolute atomic E-state index is 12.9. The second-order valence-electron chi connectivity index (χ2n) is 6.61. The largest absolute Gasteiger partial charge is 0.343 e. The Hall–Kier alpha value is -2.87. The summed E-state index contributed by atoms with van der Waals surface area (Å²) in [7, 11) is -1.93. The summed E-state index contributed by atoms with van der Waals surface area (Å²) >= 11 is 0. The minimum absolute atomic E-state index is 0.177. The number of carbonyl (C=O) groups is 1. The van der Waals surface area contributed by atoms with Gasteiger partial charge in [-0.05, 0) is 37.1 Å². The van der Waals surface area contributed by atoms with Crippen LogP contribution in [-0.2, 0) is 14.8 Å². The highest BCUT2D eigenvalue weighted by molar-refractivity contribution is 7.90. The summed E-state index contributed by atoms with van der Waals surface area (Å²) in [6.45, 7) is 0.593. The number of likely N-dealkylation sites (tertiary alicyclic amines) is 1. The van der Waals surface area contributed by atoms with Gasteiger partial charge >= 0.3 is 0 Å². The van der Waals surface area contributed by atoms with Gasteiger partial charge < -0.3 is 4.90 Å². The molecule has 1 N–H and O–H groups in total. The van der Waals surface area contributed by atoms with E-state index in [-0.39, 0.29) is 10.8 Å². The predicted molar refractivity (Wildman–Crippen MR) is 103 cm³/mol. The lowest BCUT2D eigenvalue weighted by molar-refractivity contribution is -0.124. The molecule has 4 rings (SSSR count). The zero-order valence-electron chi connectivity index (χ0n) is 14.9. The molecule has 1 atom stereocenters. The number of amides is 1. The molecule has 0 spiro atoms. The molecular formula is C19H20N4O3S. The topological polar surface area (TPSA) is 82.1 Å². The normalized spacial score (nSPS) is 20.1. The fraction of sp³-hybridized carbons (Fsp3) is 0.263. The van der Waals surface area contributed by atoms with Crippen molar-refractivity contribution in [3.8, 4) is 0 Å². The Morgan fingerprint density at radius 2 is 1.85 bits per heavy atom. The van der Waals surface area contributed by atoms with Crippen LogP contribution in [0.3, 0.4) is 0 Å². The van der Waals surface area contributed by atoms with Crippen molar-refractivity contribution in [2.75, 3.05) is 18.6 Å². The number of fused-ring (bicyclic) bond motifs is 1. The van der Waals surface area contributed by atoms with E-state index in [0.717, 1.165) is 12.1 Å². The minimum Gasteiger partial charge on any atom is -0.343 e. The smallest absolute Gasteiger partial charge is 0.285 e. The van der Waals surface area contributed by atoms with Crippen molar-refractivity contribution in [3.63, 3.8) is 0 Å². The van der Waals surface area contributed by atoms with E-state index in [1.807, 2.05) is 30.3 Å². The van der Waals surface area contributed by atoms with Crippen LogP contribution in [-0.4, -0.2) is 44.7 Å². The van der Waals surface area contributed by atoms with Crippen molar-refractivity contribution in [1.29, 1.82) is 0 Å². The number of benzene rings is 2. The summed E-state index contributed by atoms with van der Waals surface area (Å²) in [6.07, 6.45) is 1.45. The van der Waals surface area contributed by atoms with Gasteiger partial charge in [0.15, 0.2) is 5.84 Å². The average molecular weight is 384 g/mol. The van der Waals surface area contributed by atoms with Crippen molar-refractivity contribution in [2.45, 2.75) is 23.8 Å². The number of hydrazine groups is 1. The molecule has 0 bridgehead atoms. The van der Waals surface area contributed by atoms with Gasteiger partial charge in [-0.25, -0.2) is 0 Å². The Kier molecular flexibility index (Phi) is 4.35. The summed E-state index contributed by atoms with van der Waals surface area (Å²) in [6, 6.07) is 15.8. The number of nitrogens with one attached hydrogen (secondary N) is 1. The van der Waals surface area contributed by atoms with E-state index < -0.39 is 16.1 Å². The predicted octanol–water partition coefficient (Wildman–Crippen LogP) is 1.77. The first-order valence-corrected chi connectivity index (χ1v) is 10.2. The number of amidine groups is 1. The van der Waals surface area contributed by atoms with Gasteiger partial charge in [0.05, 0.1) is 5.69 Å². The fourth-order valence-corrected chi connectivity index (χ4v) is 4.76. The summed E-state index contributed by atoms with van der Waals surface area (Å²) in [4.78, 5) is 14.9. The maximum Gasteiger partial charge on any atom is 0.285 e. The molecule has 7 nitrogen and oxygen atoms in total. The molecule has 0 saturated carbocycles. The van der Waals surface area contributed by atoms with Gasteiger partial charge in [0.1, 0.15) is 10.9 Å². The molecule has 0 radical (unpaired) electrons. The Bertz CT molecular complexity index is 1000. The molecule has 2 aromatic carbocycles. The first-order chi connectivity index (χ1) is 13.0. The lowest BCUT2D eigenvalue weighted by atomic mass is 10.1. The van der Waals surface area contributed by atoms with Crippen LogP contribution in [0.5, 0.6) is 0 Å². The number of para-hydroxylation sites is 1. The highest BCUT2D eigenvalue weighted by atomic mass is 32.2. The van der Waals surface area contributed by atoms with Gasteiger partial charge in [-0.1, -0.05) is 30.3 Å². The van der Waals surface area contributed by atoms with Crippen LogP contribution in [0.25, 0.3) is 0 Å². The van der Waals surface area contributed by atoms with Gasteiger partial charge in [-0.3, -0.25) is 15.2 Å². The summed E-state index contributed by atoms with van der Waals surface area (Å²) in [5.74, 6) is 0.189. The molecule has 2 heterocycles. The molecule has 1 fully saturated rings. The SMILES string of the molecule is CN(NC(=O)[C@@H]1CCCN1C1=NS(=O)(=O)c2ccccc21)c1ccccc1. The van der Waals surface area contributed by atoms with Gasteiger partial charge in [0.2, 0.25) is 0 Å². The number of rotatable bonds is 3. The van der Waals surface area contributed by atoms with Crippen LogP contribution in [0.1, 0.15) is 18.4 Å². The first kappa shape index (κ1) is 17.5. The summed E-state index contributed by atoms with van der Waals surface area (Å²) in [5.41, 5.74) is 4.31. The summed E-state index contributed by atoms with van der Waals surface area (Å²) < 4.78 is 28.6. The Morgan fingerprint density at radius 1 is 1.15 bits per heavy atom. The molecule has 140 valence electrons. The van der Waals surface area contributed by atoms with Crippen molar-refractivity contribution < 1.29 is 13.2 Å². The third kappa shape index (κ3) is 3.16. The lowest BCUT2D eigenvalue weighted by Gasteiger charge is -2.28. The molecule has 1 amide bonds. The Balaban J connectivity index is 1.57. The van der Waals surface area contributed by atoms with Crippen LogP contribution in [0.15, 0.2) is 63.9 Å². The van der Waals surface area contributed by atoms with Crippen molar-refractivity contribution in [2.24, 2.45) is 4.40 Å². The lowest BCUT2D eigenvalue weighted by Crippen LogP contribution is -2.50. The zero-order chi connectivity index (χ0) is 19.0. The van der Waals surface area contributed by atoms with Crippen molar-refractivity contribution in [3.05, 3.63) is 60.2 Å². The minimum atomic E-state index is -3.70. The molecule has 2 aromatic rings. The molecule has 0 aliphatic carbocycles. The Labute approximate surface area is 158 Å². The van der Waals surface area contributed by atoms with Crippen molar-refractivity contribution >= 4 is 27.5 Å². The fourth-order valence-electron chi connectivity index (χ4n) is 3.54. The van der Waals surface area contributed by atoms with Gasteiger partial charge in [0, 0.05) is 19.2 Å². The molecular weight excluding hydrogens is 364 g/mol. The number of anilines is 1. The third-order valence-electron chi connectivity index (χ3n) is 4.86. The van der Waals surface area contributed by atoms with Gasteiger partial charge in [-0.15, -0.1) is 4.40 Å². The van der Waals surface area contributed by atoms with Crippen LogP contribution < -0.4 is 10.4 Å². The van der Waals surface area contributed by atoms with Crippen molar-refractivity contribution in [1.82, 2.24) is 10.3 Å². The van der Waals surface area contributed by atoms with Crippen LogP contribution in [0.2, 0.25) is 0 Å². The summed E-state index contributed by atoms with van der Waals surface area (Å²) in [5, 5.41) is 1.67. The van der Waals surface area contributed by atoms with E-state index in [1.165, 1.54) is 0 Å². The van der Waals surface area contributed by atoms with E-state index in [4.69, 9.17) is 0 Å². The highest BCUT2D eigenvalue weighted by Crippen LogP contribution is 2.31. The second-order valence-corrected chi connectivity index (χ2v) is 8.18. The van der Waals surface area contributed by atoms with E-state index in [9.17, 15) is 13.2 Å². The van der Waals surface area contributed by atoms with Gasteiger partial charge in [-0.2, -0.15) is 8.42 Å². The van der Waals surface area contributed by atoms with Crippen LogP contribution >= 0.6 is 0 Å². The Morgan fingerprint density at radius 3 is 2.63 bits per heavy atom. The highest BCUT2D eigenvalue weighted by Gasteiger charge is 2.39. The monoisotopic (exact) mass is 384 g/mol. The number of carbonyl (C=O) groups excluding carboxylic acids is 1. The third-order valence-corrected chi connectivity index (χ3v) is 6.19. The molecule has 2 aliphatic rings. The average Bonchev–Trinajstić information content (AvgIpc) is 3.25. The standard InChI is InChI=1S/C19H20N4O3S/c1-22(14-8-3-2-4-9-14)20-19(24)16-11-7-13-23(16)18-15-10-5-6-12-17(15)27(25,26)21-18/h2-6,8-10,12,16H,7,11,13H2,1H3,(H,20,24)/t16-/m0/s1. The number of hydrogen-bond donors (Lipinski definition) is 1. The molecule has 0 aromatic heterocycles. The number of sulfonamides is 1. The molecule has 1 saturated heterocycles. The zero-order valence-corrected chi connectivity index (χ0v) is 15.7. The van der Waals surface area contributed by atoms with Crippen LogP contribution in [0, 0.1) is 0 Å². The molecule has 8 heteroatoms. The number of hydrogen-bond acceptors (Lipinski definition) is 5. The molecule has 27 heavy (non-hydrogen) atoms. The molecule has 2 aliphatic heterocycles. The molecule has 0 unspecified atom stereocenters. The van der Waals surface area contributed by atoms with Gasteiger partial charge in [0.25, 0.3) is 15.9 Å². The van der Waals surface area contributed by atoms with E-state index in [2.05, 4.69) is 9.82 Å². The van der Waals surface area contributed by atoms with E-state index in [1.54, 1.807) is 41.2 Å².